The molecule has 1 heterocycles. The summed E-state index contributed by atoms with van der Waals surface area (Å²) >= 11 is 0. The van der Waals surface area contributed by atoms with Gasteiger partial charge in [-0.2, -0.15) is 0 Å². The van der Waals surface area contributed by atoms with E-state index < -0.39 is 39.7 Å². The van der Waals surface area contributed by atoms with Crippen LogP contribution in [0.3, 0.4) is 0 Å². The molecule has 180 valence electrons. The van der Waals surface area contributed by atoms with Crippen LogP contribution in [0.2, 0.25) is 0 Å². The Balaban J connectivity index is 1.89. The number of carbonyl (C=O) groups is 3. The molecular weight excluding hydrogens is 460 g/mol. The van der Waals surface area contributed by atoms with E-state index in [0.29, 0.717) is 12.4 Å². The zero-order valence-electron chi connectivity index (χ0n) is 19.1. The third-order valence-corrected chi connectivity index (χ3v) is 7.17. The van der Waals surface area contributed by atoms with E-state index in [-0.39, 0.29) is 17.9 Å². The topological polar surface area (TPSA) is 134 Å². The van der Waals surface area contributed by atoms with Crippen LogP contribution in [0.4, 0.5) is 10.5 Å². The number of urea groups is 1. The number of aliphatic imine (C=N–C) groups is 1. The minimum absolute atomic E-state index is 0.159. The maximum atomic E-state index is 13.5. The van der Waals surface area contributed by atoms with Crippen molar-refractivity contribution in [3.05, 3.63) is 59.7 Å². The lowest BCUT2D eigenvalue weighted by Gasteiger charge is -2.29. The molecule has 1 unspecified atom stereocenters. The second kappa shape index (κ2) is 10.5. The van der Waals surface area contributed by atoms with Crippen molar-refractivity contribution in [1.29, 1.82) is 0 Å². The van der Waals surface area contributed by atoms with Crippen LogP contribution in [-0.4, -0.2) is 50.4 Å². The van der Waals surface area contributed by atoms with Crippen molar-refractivity contribution in [1.82, 2.24) is 10.6 Å². The Labute approximate surface area is 198 Å². The number of hydrogen-bond donors (Lipinski definition) is 2. The number of ether oxygens (including phenoxy) is 1. The Kier molecular flexibility index (Phi) is 7.67. The zero-order chi connectivity index (χ0) is 24.9. The Morgan fingerprint density at radius 2 is 1.74 bits per heavy atom. The average Bonchev–Trinajstić information content (AvgIpc) is 2.77. The molecule has 2 N–H and O–H groups in total. The molecule has 0 saturated heterocycles. The van der Waals surface area contributed by atoms with Crippen LogP contribution in [0.15, 0.2) is 53.5 Å². The molecule has 2 aromatic rings. The number of benzene rings is 2. The van der Waals surface area contributed by atoms with Crippen molar-refractivity contribution < 1.29 is 27.5 Å². The molecule has 1 aliphatic heterocycles. The van der Waals surface area contributed by atoms with E-state index in [2.05, 4.69) is 10.3 Å². The summed E-state index contributed by atoms with van der Waals surface area (Å²) < 4.78 is 33.3. The number of carbonyl (C=O) groups excluding carboxylic acids is 3. The molecule has 10 nitrogen and oxygen atoms in total. The van der Waals surface area contributed by atoms with E-state index in [1.807, 2.05) is 43.4 Å². The van der Waals surface area contributed by atoms with Crippen molar-refractivity contribution in [2.24, 2.45) is 4.99 Å². The van der Waals surface area contributed by atoms with E-state index in [0.717, 1.165) is 15.4 Å². The molecule has 3 rings (SSSR count). The lowest BCUT2D eigenvalue weighted by Crippen LogP contribution is -2.55. The summed E-state index contributed by atoms with van der Waals surface area (Å²) in [4.78, 5) is 40.3. The van der Waals surface area contributed by atoms with Crippen molar-refractivity contribution in [3.8, 4) is 5.75 Å². The Morgan fingerprint density at radius 1 is 1.09 bits per heavy atom. The first-order valence-electron chi connectivity index (χ1n) is 10.6. The molecule has 2 aromatic carbocycles. The fourth-order valence-electron chi connectivity index (χ4n) is 3.38. The van der Waals surface area contributed by atoms with Gasteiger partial charge in [0.15, 0.2) is 5.25 Å². The summed E-state index contributed by atoms with van der Waals surface area (Å²) in [5.41, 5.74) is 1.91. The number of imide groups is 1. The molecule has 0 spiro atoms. The molecule has 0 radical (unpaired) electrons. The van der Waals surface area contributed by atoms with Gasteiger partial charge in [-0.05, 0) is 50.6 Å². The van der Waals surface area contributed by atoms with Crippen LogP contribution >= 0.6 is 0 Å². The number of sulfonamides is 1. The van der Waals surface area contributed by atoms with Crippen LogP contribution < -0.4 is 19.7 Å². The van der Waals surface area contributed by atoms with Crippen molar-refractivity contribution in [3.63, 3.8) is 0 Å². The highest BCUT2D eigenvalue weighted by Gasteiger charge is 2.43. The molecule has 0 saturated carbocycles. The van der Waals surface area contributed by atoms with Gasteiger partial charge in [0.1, 0.15) is 12.3 Å². The third-order valence-electron chi connectivity index (χ3n) is 5.06. The molecule has 1 aliphatic rings. The molecule has 34 heavy (non-hydrogen) atoms. The smallest absolute Gasteiger partial charge is 0.347 e. The second-order valence-electron chi connectivity index (χ2n) is 7.67. The van der Waals surface area contributed by atoms with E-state index in [4.69, 9.17) is 4.74 Å². The Hall–Kier alpha value is -3.73. The molecule has 11 heteroatoms. The van der Waals surface area contributed by atoms with E-state index >= 15 is 0 Å². The minimum atomic E-state index is -4.47. The second-order valence-corrected chi connectivity index (χ2v) is 9.61. The average molecular weight is 487 g/mol. The van der Waals surface area contributed by atoms with Crippen molar-refractivity contribution in [2.75, 3.05) is 17.5 Å². The van der Waals surface area contributed by atoms with E-state index in [9.17, 15) is 22.8 Å². The summed E-state index contributed by atoms with van der Waals surface area (Å²) in [7, 11) is -4.47. The first-order valence-corrected chi connectivity index (χ1v) is 12.1. The maximum Gasteiger partial charge on any atom is 0.347 e. The number of nitrogens with one attached hydrogen (secondary N) is 2. The molecule has 0 aliphatic carbocycles. The summed E-state index contributed by atoms with van der Waals surface area (Å²) in [6, 6.07) is 12.7. The van der Waals surface area contributed by atoms with Gasteiger partial charge in [0.2, 0.25) is 5.91 Å². The molecule has 0 bridgehead atoms. The van der Waals surface area contributed by atoms with Gasteiger partial charge in [0.05, 0.1) is 18.0 Å². The van der Waals surface area contributed by atoms with Gasteiger partial charge < -0.3 is 10.1 Å². The van der Waals surface area contributed by atoms with Crippen LogP contribution in [0.5, 0.6) is 5.75 Å². The van der Waals surface area contributed by atoms with Crippen molar-refractivity contribution in [2.45, 2.75) is 32.6 Å². The maximum absolute atomic E-state index is 13.5. The number of aryl methyl sites for hydroxylation is 1. The lowest BCUT2D eigenvalue weighted by molar-refractivity contribution is -0.120. The molecule has 1 atom stereocenters. The van der Waals surface area contributed by atoms with Gasteiger partial charge in [-0.25, -0.2) is 18.2 Å². The quantitative estimate of drug-likeness (QED) is 0.556. The predicted molar refractivity (Wildman–Crippen MR) is 127 cm³/mol. The summed E-state index contributed by atoms with van der Waals surface area (Å²) in [5.74, 6) is -1.07. The van der Waals surface area contributed by atoms with Crippen LogP contribution in [0.1, 0.15) is 25.0 Å². The SMILES string of the molecule is CCOc1ccc(N(CC(=O)NCc2ccc(C)cc2)S(=O)(=O)C2C(=O)NC(=O)N=C2C)cc1. The lowest BCUT2D eigenvalue weighted by atomic mass is 10.1. The van der Waals surface area contributed by atoms with Gasteiger partial charge in [-0.1, -0.05) is 29.8 Å². The summed E-state index contributed by atoms with van der Waals surface area (Å²) in [6.45, 7) is 5.10. The first kappa shape index (κ1) is 24.9. The van der Waals surface area contributed by atoms with Gasteiger partial charge in [0, 0.05) is 6.54 Å². The highest BCUT2D eigenvalue weighted by Crippen LogP contribution is 2.25. The highest BCUT2D eigenvalue weighted by atomic mass is 32.2. The largest absolute Gasteiger partial charge is 0.494 e. The van der Waals surface area contributed by atoms with E-state index in [1.165, 1.54) is 19.1 Å². The minimum Gasteiger partial charge on any atom is -0.494 e. The molecule has 0 fully saturated rings. The fraction of sp³-hybridized carbons (Fsp3) is 0.304. The number of nitrogens with zero attached hydrogens (tertiary/aromatic N) is 2. The Bertz CT molecular complexity index is 1210. The first-order chi connectivity index (χ1) is 16.1. The molecule has 4 amide bonds. The highest BCUT2D eigenvalue weighted by molar-refractivity contribution is 7.95. The van der Waals surface area contributed by atoms with Crippen LogP contribution in [0, 0.1) is 6.92 Å². The van der Waals surface area contributed by atoms with Crippen LogP contribution in [-0.2, 0) is 26.2 Å². The third kappa shape index (κ3) is 5.79. The van der Waals surface area contributed by atoms with Crippen molar-refractivity contribution >= 4 is 39.3 Å². The molecule has 0 aromatic heterocycles. The standard InChI is InChI=1S/C23H26N4O6S/c1-4-33-19-11-9-18(10-12-19)27(14-20(28)24-13-17-7-5-15(2)6-8-17)34(31,32)21-16(3)25-23(30)26-22(21)29/h5-12,21H,4,13-14H2,1-3H3,(H,24,28)(H,26,29,30). The molecular formula is C23H26N4O6S. The zero-order valence-corrected chi connectivity index (χ0v) is 19.9. The number of anilines is 1. The predicted octanol–water partition coefficient (Wildman–Crippen LogP) is 1.93. The van der Waals surface area contributed by atoms with Gasteiger partial charge in [0.25, 0.3) is 15.9 Å². The van der Waals surface area contributed by atoms with Gasteiger partial charge >= 0.3 is 6.03 Å². The van der Waals surface area contributed by atoms with E-state index in [1.54, 1.807) is 12.1 Å². The van der Waals surface area contributed by atoms with Gasteiger partial charge in [-0.3, -0.25) is 19.2 Å². The van der Waals surface area contributed by atoms with Gasteiger partial charge in [-0.15, -0.1) is 0 Å². The number of rotatable bonds is 9. The normalized spacial score (nSPS) is 15.9. The number of amides is 4. The Morgan fingerprint density at radius 3 is 2.32 bits per heavy atom. The fourth-order valence-corrected chi connectivity index (χ4v) is 5.16. The van der Waals surface area contributed by atoms with Crippen LogP contribution in [0.25, 0.3) is 0 Å². The number of hydrogen-bond acceptors (Lipinski definition) is 6. The summed E-state index contributed by atoms with van der Waals surface area (Å²) in [5, 5.41) is 2.86. The summed E-state index contributed by atoms with van der Waals surface area (Å²) in [6.07, 6.45) is 0. The monoisotopic (exact) mass is 486 g/mol.